The fraction of sp³-hybridized carbons (Fsp3) is 0.500. The molecule has 0 saturated heterocycles. The highest BCUT2D eigenvalue weighted by Crippen LogP contribution is 2.13. The minimum Gasteiger partial charge on any atom is -0.462 e. The minimum absolute atomic E-state index is 0.333. The van der Waals surface area contributed by atoms with Gasteiger partial charge in [0.1, 0.15) is 0 Å². The van der Waals surface area contributed by atoms with Crippen LogP contribution < -0.4 is 5.73 Å². The zero-order chi connectivity index (χ0) is 14.1. The average Bonchev–Trinajstić information content (AvgIpc) is 2.40. The molecule has 0 atom stereocenters. The van der Waals surface area contributed by atoms with E-state index >= 15 is 0 Å². The molecule has 106 valence electrons. The second-order valence-corrected chi connectivity index (χ2v) is 4.17. The van der Waals surface area contributed by atoms with Crippen molar-refractivity contribution in [1.29, 1.82) is 0 Å². The van der Waals surface area contributed by atoms with Gasteiger partial charge in [0.2, 0.25) is 0 Å². The highest BCUT2D eigenvalue weighted by atomic mass is 16.5. The van der Waals surface area contributed by atoms with Crippen LogP contribution in [0.1, 0.15) is 22.3 Å². The Kier molecular flexibility index (Phi) is 6.92. The van der Waals surface area contributed by atoms with Crippen LogP contribution in [-0.4, -0.2) is 39.5 Å². The molecule has 1 aromatic rings. The molecule has 1 rings (SSSR count). The van der Waals surface area contributed by atoms with Gasteiger partial charge in [-0.25, -0.2) is 4.79 Å². The van der Waals surface area contributed by atoms with Crippen LogP contribution in [0.15, 0.2) is 18.2 Å². The van der Waals surface area contributed by atoms with Gasteiger partial charge in [-0.2, -0.15) is 0 Å². The van der Waals surface area contributed by atoms with Gasteiger partial charge >= 0.3 is 5.97 Å². The van der Waals surface area contributed by atoms with Crippen molar-refractivity contribution < 1.29 is 19.0 Å². The SMILES string of the molecule is COCCOCCCOC(=O)c1ccc(N)c(C)c1. The van der Waals surface area contributed by atoms with Crippen LogP contribution in [0.25, 0.3) is 0 Å². The number of rotatable bonds is 8. The van der Waals surface area contributed by atoms with Crippen LogP contribution in [-0.2, 0) is 14.2 Å². The van der Waals surface area contributed by atoms with Gasteiger partial charge in [0.25, 0.3) is 0 Å². The van der Waals surface area contributed by atoms with E-state index in [2.05, 4.69) is 0 Å². The quantitative estimate of drug-likeness (QED) is 0.441. The summed E-state index contributed by atoms with van der Waals surface area (Å²) in [5.74, 6) is -0.333. The molecule has 2 N–H and O–H groups in total. The van der Waals surface area contributed by atoms with Gasteiger partial charge < -0.3 is 19.9 Å². The minimum atomic E-state index is -0.333. The number of hydrogen-bond acceptors (Lipinski definition) is 5. The van der Waals surface area contributed by atoms with Crippen molar-refractivity contribution >= 4 is 11.7 Å². The molecule has 0 aliphatic rings. The number of nitrogen functional groups attached to an aromatic ring is 1. The fourth-order valence-corrected chi connectivity index (χ4v) is 1.46. The number of nitrogens with two attached hydrogens (primary N) is 1. The Hall–Kier alpha value is -1.59. The van der Waals surface area contributed by atoms with E-state index in [-0.39, 0.29) is 5.97 Å². The highest BCUT2D eigenvalue weighted by molar-refractivity contribution is 5.90. The van der Waals surface area contributed by atoms with Crippen LogP contribution in [0, 0.1) is 6.92 Å². The Balaban J connectivity index is 2.22. The van der Waals surface area contributed by atoms with Gasteiger partial charge in [0.15, 0.2) is 0 Å². The van der Waals surface area contributed by atoms with Crippen LogP contribution in [0.2, 0.25) is 0 Å². The number of anilines is 1. The summed E-state index contributed by atoms with van der Waals surface area (Å²) in [4.78, 5) is 11.7. The van der Waals surface area contributed by atoms with E-state index in [9.17, 15) is 4.79 Å². The summed E-state index contributed by atoms with van der Waals surface area (Å²) in [6.45, 7) is 3.88. The van der Waals surface area contributed by atoms with Crippen LogP contribution >= 0.6 is 0 Å². The molecule has 0 aliphatic heterocycles. The Morgan fingerprint density at radius 1 is 1.21 bits per heavy atom. The Morgan fingerprint density at radius 3 is 2.68 bits per heavy atom. The standard InChI is InChI=1S/C14H21NO4/c1-11-10-12(4-5-13(11)15)14(16)19-7-3-6-18-9-8-17-2/h4-5,10H,3,6-9,15H2,1-2H3. The number of benzene rings is 1. The molecular weight excluding hydrogens is 246 g/mol. The van der Waals surface area contributed by atoms with Crippen molar-refractivity contribution in [3.8, 4) is 0 Å². The van der Waals surface area contributed by atoms with Crippen LogP contribution in [0.4, 0.5) is 5.69 Å². The van der Waals surface area contributed by atoms with E-state index < -0.39 is 0 Å². The zero-order valence-corrected chi connectivity index (χ0v) is 11.5. The summed E-state index contributed by atoms with van der Waals surface area (Å²) in [7, 11) is 1.62. The van der Waals surface area contributed by atoms with E-state index in [0.717, 1.165) is 5.56 Å². The first-order valence-corrected chi connectivity index (χ1v) is 6.25. The highest BCUT2D eigenvalue weighted by Gasteiger charge is 2.07. The van der Waals surface area contributed by atoms with Crippen molar-refractivity contribution in [2.24, 2.45) is 0 Å². The van der Waals surface area contributed by atoms with E-state index in [1.165, 1.54) is 0 Å². The second kappa shape index (κ2) is 8.50. The molecule has 0 fully saturated rings. The van der Waals surface area contributed by atoms with Gasteiger partial charge in [-0.3, -0.25) is 0 Å². The first-order valence-electron chi connectivity index (χ1n) is 6.25. The third-order valence-electron chi connectivity index (χ3n) is 2.60. The monoisotopic (exact) mass is 267 g/mol. The number of aryl methyl sites for hydroxylation is 1. The fourth-order valence-electron chi connectivity index (χ4n) is 1.46. The first kappa shape index (κ1) is 15.5. The lowest BCUT2D eigenvalue weighted by molar-refractivity contribution is 0.0385. The molecule has 0 aliphatic carbocycles. The normalized spacial score (nSPS) is 10.4. The summed E-state index contributed by atoms with van der Waals surface area (Å²) in [5.41, 5.74) is 7.75. The van der Waals surface area contributed by atoms with Gasteiger partial charge in [-0.05, 0) is 30.7 Å². The second-order valence-electron chi connectivity index (χ2n) is 4.17. The molecule has 0 amide bonds. The molecule has 0 unspecified atom stereocenters. The number of methoxy groups -OCH3 is 1. The van der Waals surface area contributed by atoms with Crippen LogP contribution in [0.5, 0.6) is 0 Å². The lowest BCUT2D eigenvalue weighted by atomic mass is 10.1. The summed E-state index contributed by atoms with van der Waals surface area (Å²) in [5, 5.41) is 0. The van der Waals surface area contributed by atoms with Crippen molar-refractivity contribution in [2.75, 3.05) is 39.3 Å². The summed E-state index contributed by atoms with van der Waals surface area (Å²) in [6, 6.07) is 5.10. The third kappa shape index (κ3) is 5.72. The molecule has 0 bridgehead atoms. The molecule has 0 radical (unpaired) electrons. The lowest BCUT2D eigenvalue weighted by Gasteiger charge is -2.07. The van der Waals surface area contributed by atoms with Crippen molar-refractivity contribution in [2.45, 2.75) is 13.3 Å². The number of hydrogen-bond donors (Lipinski definition) is 1. The van der Waals surface area contributed by atoms with Gasteiger partial charge in [-0.1, -0.05) is 0 Å². The lowest BCUT2D eigenvalue weighted by Crippen LogP contribution is -2.10. The molecule has 1 aromatic carbocycles. The average molecular weight is 267 g/mol. The third-order valence-corrected chi connectivity index (χ3v) is 2.60. The number of esters is 1. The summed E-state index contributed by atoms with van der Waals surface area (Å²) >= 11 is 0. The first-order chi connectivity index (χ1) is 9.15. The maximum atomic E-state index is 11.7. The summed E-state index contributed by atoms with van der Waals surface area (Å²) < 4.78 is 15.2. The zero-order valence-electron chi connectivity index (χ0n) is 11.5. The Morgan fingerprint density at radius 2 is 2.00 bits per heavy atom. The molecular formula is C14H21NO4. The number of carbonyl (C=O) groups excluding carboxylic acids is 1. The molecule has 0 heterocycles. The molecule has 0 saturated carbocycles. The van der Waals surface area contributed by atoms with Crippen molar-refractivity contribution in [3.05, 3.63) is 29.3 Å². The van der Waals surface area contributed by atoms with E-state index in [0.29, 0.717) is 44.1 Å². The Bertz CT molecular complexity index is 406. The summed E-state index contributed by atoms with van der Waals surface area (Å²) in [6.07, 6.45) is 0.670. The number of ether oxygens (including phenoxy) is 3. The molecule has 5 nitrogen and oxygen atoms in total. The molecule has 19 heavy (non-hydrogen) atoms. The van der Waals surface area contributed by atoms with Gasteiger partial charge in [0.05, 0.1) is 25.4 Å². The van der Waals surface area contributed by atoms with Crippen molar-refractivity contribution in [3.63, 3.8) is 0 Å². The van der Waals surface area contributed by atoms with E-state index in [1.54, 1.807) is 25.3 Å². The topological polar surface area (TPSA) is 70.8 Å². The maximum absolute atomic E-state index is 11.7. The predicted molar refractivity (Wildman–Crippen MR) is 73.2 cm³/mol. The number of carbonyl (C=O) groups is 1. The van der Waals surface area contributed by atoms with E-state index in [1.807, 2.05) is 6.92 Å². The van der Waals surface area contributed by atoms with Crippen LogP contribution in [0.3, 0.4) is 0 Å². The smallest absolute Gasteiger partial charge is 0.338 e. The van der Waals surface area contributed by atoms with E-state index in [4.69, 9.17) is 19.9 Å². The van der Waals surface area contributed by atoms with Crippen molar-refractivity contribution in [1.82, 2.24) is 0 Å². The maximum Gasteiger partial charge on any atom is 0.338 e. The largest absolute Gasteiger partial charge is 0.462 e. The molecule has 0 spiro atoms. The molecule has 0 aromatic heterocycles. The van der Waals surface area contributed by atoms with Gasteiger partial charge in [0, 0.05) is 25.8 Å². The van der Waals surface area contributed by atoms with Gasteiger partial charge in [-0.15, -0.1) is 0 Å². The molecule has 5 heteroatoms. The Labute approximate surface area is 113 Å². The predicted octanol–water partition coefficient (Wildman–Crippen LogP) is 1.79.